The number of nitrogens with zero attached hydrogens (tertiary/aromatic N) is 3. The van der Waals surface area contributed by atoms with E-state index in [-0.39, 0.29) is 17.1 Å². The maximum atomic E-state index is 11.0. The molecule has 0 unspecified atom stereocenters. The van der Waals surface area contributed by atoms with Gasteiger partial charge in [0.1, 0.15) is 0 Å². The van der Waals surface area contributed by atoms with Crippen LogP contribution in [0.5, 0.6) is 0 Å². The third-order valence-corrected chi connectivity index (χ3v) is 2.65. The Morgan fingerprint density at radius 3 is 2.83 bits per heavy atom. The molecule has 2 rings (SSSR count). The van der Waals surface area contributed by atoms with Gasteiger partial charge in [0, 0.05) is 25.4 Å². The van der Waals surface area contributed by atoms with E-state index < -0.39 is 10.9 Å². The van der Waals surface area contributed by atoms with Crippen molar-refractivity contribution in [2.45, 2.75) is 6.42 Å². The summed E-state index contributed by atoms with van der Waals surface area (Å²) in [5, 5.41) is 19.8. The van der Waals surface area contributed by atoms with Gasteiger partial charge in [-0.1, -0.05) is 12.2 Å². The van der Waals surface area contributed by atoms with Gasteiger partial charge in [0.2, 0.25) is 5.82 Å². The van der Waals surface area contributed by atoms with Gasteiger partial charge < -0.3 is 10.0 Å². The van der Waals surface area contributed by atoms with E-state index in [9.17, 15) is 14.9 Å². The molecule has 0 fully saturated rings. The molecule has 7 nitrogen and oxygen atoms in total. The van der Waals surface area contributed by atoms with Crippen molar-refractivity contribution >= 4 is 17.5 Å². The molecule has 1 N–H and O–H groups in total. The van der Waals surface area contributed by atoms with Crippen LogP contribution in [0, 0.1) is 10.1 Å². The average molecular weight is 249 g/mol. The van der Waals surface area contributed by atoms with Crippen LogP contribution < -0.4 is 4.90 Å². The van der Waals surface area contributed by atoms with Crippen molar-refractivity contribution in [3.05, 3.63) is 40.1 Å². The van der Waals surface area contributed by atoms with E-state index in [1.165, 1.54) is 0 Å². The lowest BCUT2D eigenvalue weighted by Crippen LogP contribution is -2.28. The topological polar surface area (TPSA) is 96.6 Å². The Morgan fingerprint density at radius 2 is 2.28 bits per heavy atom. The third-order valence-electron chi connectivity index (χ3n) is 2.65. The summed E-state index contributed by atoms with van der Waals surface area (Å²) in [6.07, 6.45) is 5.83. The maximum absolute atomic E-state index is 11.0. The number of nitro groups is 1. The average Bonchev–Trinajstić information content (AvgIpc) is 2.39. The molecule has 0 aliphatic carbocycles. The predicted octanol–water partition coefficient (Wildman–Crippen LogP) is 1.45. The number of aromatic carboxylic acids is 1. The largest absolute Gasteiger partial charge is 0.478 e. The van der Waals surface area contributed by atoms with Crippen molar-refractivity contribution in [2.75, 3.05) is 18.0 Å². The fourth-order valence-electron chi connectivity index (χ4n) is 1.77. The van der Waals surface area contributed by atoms with E-state index in [4.69, 9.17) is 5.11 Å². The minimum atomic E-state index is -1.23. The van der Waals surface area contributed by atoms with E-state index >= 15 is 0 Å². The second-order valence-corrected chi connectivity index (χ2v) is 3.84. The second kappa shape index (κ2) is 4.82. The third kappa shape index (κ3) is 2.29. The molecule has 0 spiro atoms. The van der Waals surface area contributed by atoms with Gasteiger partial charge in [-0.2, -0.15) is 0 Å². The maximum Gasteiger partial charge on any atom is 0.337 e. The van der Waals surface area contributed by atoms with Gasteiger partial charge in [-0.15, -0.1) is 0 Å². The molecule has 1 aromatic heterocycles. The fourth-order valence-corrected chi connectivity index (χ4v) is 1.77. The first-order valence-electron chi connectivity index (χ1n) is 5.37. The zero-order valence-corrected chi connectivity index (χ0v) is 9.44. The minimum Gasteiger partial charge on any atom is -0.478 e. The highest BCUT2D eigenvalue weighted by Gasteiger charge is 2.23. The van der Waals surface area contributed by atoms with Crippen LogP contribution in [0.1, 0.15) is 16.8 Å². The zero-order chi connectivity index (χ0) is 13.1. The summed E-state index contributed by atoms with van der Waals surface area (Å²) in [5.41, 5.74) is -0.455. The van der Waals surface area contributed by atoms with Gasteiger partial charge in [-0.25, -0.2) is 9.78 Å². The number of pyridine rings is 1. The van der Waals surface area contributed by atoms with Crippen LogP contribution in [0.2, 0.25) is 0 Å². The zero-order valence-electron chi connectivity index (χ0n) is 9.44. The highest BCUT2D eigenvalue weighted by molar-refractivity contribution is 5.88. The Bertz CT molecular complexity index is 527. The number of hydrogen-bond donors (Lipinski definition) is 1. The summed E-state index contributed by atoms with van der Waals surface area (Å²) in [4.78, 5) is 26.8. The van der Waals surface area contributed by atoms with Crippen LogP contribution in [-0.2, 0) is 0 Å². The van der Waals surface area contributed by atoms with Crippen molar-refractivity contribution in [2.24, 2.45) is 0 Å². The van der Waals surface area contributed by atoms with E-state index in [1.807, 2.05) is 12.2 Å². The molecule has 0 atom stereocenters. The van der Waals surface area contributed by atoms with Crippen molar-refractivity contribution in [1.29, 1.82) is 0 Å². The van der Waals surface area contributed by atoms with Crippen LogP contribution in [0.3, 0.4) is 0 Å². The van der Waals surface area contributed by atoms with Crippen molar-refractivity contribution < 1.29 is 14.8 Å². The van der Waals surface area contributed by atoms with Gasteiger partial charge in [0.15, 0.2) is 0 Å². The molecule has 18 heavy (non-hydrogen) atoms. The summed E-state index contributed by atoms with van der Waals surface area (Å²) >= 11 is 0. The molecule has 94 valence electrons. The van der Waals surface area contributed by atoms with E-state index in [2.05, 4.69) is 4.98 Å². The molecule has 1 aromatic rings. The Balaban J connectivity index is 2.43. The minimum absolute atomic E-state index is 0.182. The van der Waals surface area contributed by atoms with Crippen molar-refractivity contribution in [1.82, 2.24) is 4.98 Å². The van der Waals surface area contributed by atoms with Gasteiger partial charge in [-0.05, 0) is 6.42 Å². The lowest BCUT2D eigenvalue weighted by molar-refractivity contribution is -0.384. The van der Waals surface area contributed by atoms with E-state index in [0.717, 1.165) is 18.7 Å². The number of carbonyl (C=O) groups is 1. The number of anilines is 1. The lowest BCUT2D eigenvalue weighted by Gasteiger charge is -2.23. The summed E-state index contributed by atoms with van der Waals surface area (Å²) in [5.74, 6) is -1.01. The number of carboxylic acid groups (broad SMARTS) is 1. The molecular formula is C11H11N3O4. The van der Waals surface area contributed by atoms with Crippen molar-refractivity contribution in [3.63, 3.8) is 0 Å². The highest BCUT2D eigenvalue weighted by atomic mass is 16.6. The summed E-state index contributed by atoms with van der Waals surface area (Å²) in [6, 6.07) is 1.04. The Kier molecular flexibility index (Phi) is 3.22. The first-order valence-corrected chi connectivity index (χ1v) is 5.37. The Morgan fingerprint density at radius 1 is 1.50 bits per heavy atom. The van der Waals surface area contributed by atoms with Crippen LogP contribution in [0.4, 0.5) is 11.5 Å². The molecule has 1 aliphatic rings. The number of carboxylic acids is 1. The highest BCUT2D eigenvalue weighted by Crippen LogP contribution is 2.27. The standard InChI is InChI=1S/C11H11N3O4/c15-11(16)8-6-9(14(17)18)10(12-7-8)13-4-2-1-3-5-13/h1-2,6-7H,3-5H2,(H,15,16). The molecule has 0 radical (unpaired) electrons. The molecule has 0 saturated heterocycles. The first-order chi connectivity index (χ1) is 8.59. The van der Waals surface area contributed by atoms with Gasteiger partial charge >= 0.3 is 11.7 Å². The smallest absolute Gasteiger partial charge is 0.337 e. The fraction of sp³-hybridized carbons (Fsp3) is 0.273. The Hall–Kier alpha value is -2.44. The number of hydrogen-bond acceptors (Lipinski definition) is 5. The normalized spacial score (nSPS) is 14.6. The van der Waals surface area contributed by atoms with Crippen LogP contribution >= 0.6 is 0 Å². The summed E-state index contributed by atoms with van der Waals surface area (Å²) in [6.45, 7) is 1.18. The van der Waals surface area contributed by atoms with Crippen LogP contribution in [0.15, 0.2) is 24.4 Å². The lowest BCUT2D eigenvalue weighted by atomic mass is 10.2. The quantitative estimate of drug-likeness (QED) is 0.494. The monoisotopic (exact) mass is 249 g/mol. The molecular weight excluding hydrogens is 238 g/mol. The molecule has 7 heteroatoms. The summed E-state index contributed by atoms with van der Waals surface area (Å²) in [7, 11) is 0. The molecule has 0 saturated carbocycles. The first kappa shape index (κ1) is 12.0. The summed E-state index contributed by atoms with van der Waals surface area (Å²) < 4.78 is 0. The molecule has 1 aliphatic heterocycles. The molecule has 2 heterocycles. The van der Waals surface area contributed by atoms with Crippen LogP contribution in [0.25, 0.3) is 0 Å². The molecule has 0 amide bonds. The predicted molar refractivity (Wildman–Crippen MR) is 63.8 cm³/mol. The van der Waals surface area contributed by atoms with E-state index in [1.54, 1.807) is 4.90 Å². The van der Waals surface area contributed by atoms with Gasteiger partial charge in [0.05, 0.1) is 10.5 Å². The van der Waals surface area contributed by atoms with Gasteiger partial charge in [-0.3, -0.25) is 10.1 Å². The molecule has 0 aromatic carbocycles. The number of rotatable bonds is 3. The number of aromatic nitrogens is 1. The van der Waals surface area contributed by atoms with E-state index in [0.29, 0.717) is 13.1 Å². The Labute approximate surface area is 103 Å². The van der Waals surface area contributed by atoms with Crippen molar-refractivity contribution in [3.8, 4) is 0 Å². The second-order valence-electron chi connectivity index (χ2n) is 3.84. The molecule has 0 bridgehead atoms. The SMILES string of the molecule is O=C(O)c1cnc(N2CC=CCC2)c([N+](=O)[O-])c1. The van der Waals surface area contributed by atoms with Crippen LogP contribution in [-0.4, -0.2) is 34.1 Å². The van der Waals surface area contributed by atoms with Gasteiger partial charge in [0.25, 0.3) is 0 Å².